The average Bonchev–Trinajstić information content (AvgIpc) is 2.48. The van der Waals surface area contributed by atoms with Crippen molar-refractivity contribution in [2.75, 3.05) is 19.7 Å². The Labute approximate surface area is 121 Å². The Hall–Kier alpha value is -0.620. The summed E-state index contributed by atoms with van der Waals surface area (Å²) in [6.45, 7) is 2.98. The Morgan fingerprint density at radius 3 is 2.50 bits per heavy atom. The number of piperidine rings is 1. The van der Waals surface area contributed by atoms with Gasteiger partial charge in [0.15, 0.2) is 0 Å². The second-order valence-corrected chi connectivity index (χ2v) is 7.97. The molecule has 0 bridgehead atoms. The highest BCUT2D eigenvalue weighted by Crippen LogP contribution is 2.29. The third kappa shape index (κ3) is 3.52. The van der Waals surface area contributed by atoms with E-state index in [1.807, 2.05) is 0 Å². The fourth-order valence-corrected chi connectivity index (χ4v) is 5.32. The summed E-state index contributed by atoms with van der Waals surface area (Å²) < 4.78 is 31.8. The first kappa shape index (κ1) is 15.8. The molecule has 0 aromatic carbocycles. The van der Waals surface area contributed by atoms with Crippen molar-refractivity contribution in [1.29, 1.82) is 0 Å². The number of rotatable bonds is 4. The fourth-order valence-electron chi connectivity index (χ4n) is 3.20. The van der Waals surface area contributed by atoms with Gasteiger partial charge in [-0.05, 0) is 32.6 Å². The van der Waals surface area contributed by atoms with Crippen LogP contribution >= 0.6 is 0 Å². The lowest BCUT2D eigenvalue weighted by atomic mass is 10.00. The van der Waals surface area contributed by atoms with Gasteiger partial charge in [-0.2, -0.15) is 0 Å². The van der Waals surface area contributed by atoms with E-state index in [0.717, 1.165) is 44.9 Å². The quantitative estimate of drug-likeness (QED) is 0.744. The Kier molecular flexibility index (Phi) is 5.43. The van der Waals surface area contributed by atoms with Gasteiger partial charge in [0, 0.05) is 13.1 Å². The minimum atomic E-state index is -3.24. The molecule has 0 spiro atoms. The molecule has 2 fully saturated rings. The van der Waals surface area contributed by atoms with E-state index in [-0.39, 0.29) is 17.1 Å². The van der Waals surface area contributed by atoms with E-state index in [9.17, 15) is 13.2 Å². The molecule has 1 heterocycles. The number of ether oxygens (including phenoxy) is 1. The molecule has 1 saturated carbocycles. The molecule has 1 aliphatic carbocycles. The predicted molar refractivity (Wildman–Crippen MR) is 76.7 cm³/mol. The number of carbonyl (C=O) groups is 1. The van der Waals surface area contributed by atoms with Gasteiger partial charge in [-0.25, -0.2) is 12.7 Å². The van der Waals surface area contributed by atoms with E-state index in [1.165, 1.54) is 4.31 Å². The molecule has 1 aliphatic heterocycles. The van der Waals surface area contributed by atoms with E-state index < -0.39 is 10.0 Å². The average molecular weight is 303 g/mol. The maximum Gasteiger partial charge on any atom is 0.310 e. The number of hydrogen-bond acceptors (Lipinski definition) is 4. The van der Waals surface area contributed by atoms with Gasteiger partial charge in [0.2, 0.25) is 10.0 Å². The van der Waals surface area contributed by atoms with Crippen LogP contribution in [0.4, 0.5) is 0 Å². The summed E-state index contributed by atoms with van der Waals surface area (Å²) in [6, 6.07) is 0. The molecule has 0 aromatic heterocycles. The standard InChI is InChI=1S/C14H25NO4S/c1-2-19-14(16)12-7-6-10-15(11-12)20(17,18)13-8-4-3-5-9-13/h12-13H,2-11H2,1H3/t12-/m0/s1. The van der Waals surface area contributed by atoms with Crippen LogP contribution in [0.2, 0.25) is 0 Å². The van der Waals surface area contributed by atoms with Crippen LogP contribution in [0.15, 0.2) is 0 Å². The van der Waals surface area contributed by atoms with E-state index >= 15 is 0 Å². The van der Waals surface area contributed by atoms with Crippen LogP contribution in [0, 0.1) is 5.92 Å². The third-order valence-corrected chi connectivity index (χ3v) is 6.70. The third-order valence-electron chi connectivity index (χ3n) is 4.34. The van der Waals surface area contributed by atoms with Crippen LogP contribution in [0.3, 0.4) is 0 Å². The van der Waals surface area contributed by atoms with Crippen LogP contribution in [0.5, 0.6) is 0 Å². The van der Waals surface area contributed by atoms with Crippen LogP contribution in [-0.2, 0) is 19.6 Å². The second kappa shape index (κ2) is 6.89. The van der Waals surface area contributed by atoms with Crippen molar-refractivity contribution in [2.45, 2.75) is 57.1 Å². The topological polar surface area (TPSA) is 63.7 Å². The minimum absolute atomic E-state index is 0.239. The van der Waals surface area contributed by atoms with Gasteiger partial charge in [0.05, 0.1) is 17.8 Å². The van der Waals surface area contributed by atoms with Gasteiger partial charge in [0.1, 0.15) is 0 Å². The Bertz CT molecular complexity index is 428. The molecule has 116 valence electrons. The molecular weight excluding hydrogens is 278 g/mol. The van der Waals surface area contributed by atoms with Crippen molar-refractivity contribution in [1.82, 2.24) is 4.31 Å². The number of sulfonamides is 1. The predicted octanol–water partition coefficient (Wildman–Crippen LogP) is 1.92. The normalized spacial score (nSPS) is 26.4. The molecule has 1 saturated heterocycles. The lowest BCUT2D eigenvalue weighted by Crippen LogP contribution is -2.46. The summed E-state index contributed by atoms with van der Waals surface area (Å²) >= 11 is 0. The monoisotopic (exact) mass is 303 g/mol. The van der Waals surface area contributed by atoms with Crippen LogP contribution in [0.1, 0.15) is 51.9 Å². The summed E-state index contributed by atoms with van der Waals surface area (Å²) in [7, 11) is -3.24. The molecule has 5 nitrogen and oxygen atoms in total. The molecule has 2 rings (SSSR count). The van der Waals surface area contributed by atoms with Crippen molar-refractivity contribution >= 4 is 16.0 Å². The summed E-state index contributed by atoms with van der Waals surface area (Å²) in [5.74, 6) is -0.543. The second-order valence-electron chi connectivity index (χ2n) is 5.75. The molecule has 0 unspecified atom stereocenters. The van der Waals surface area contributed by atoms with Gasteiger partial charge in [-0.3, -0.25) is 4.79 Å². The minimum Gasteiger partial charge on any atom is -0.466 e. The zero-order valence-corrected chi connectivity index (χ0v) is 13.0. The first-order valence-electron chi connectivity index (χ1n) is 7.71. The highest BCUT2D eigenvalue weighted by molar-refractivity contribution is 7.89. The number of nitrogens with zero attached hydrogens (tertiary/aromatic N) is 1. The number of esters is 1. The van der Waals surface area contributed by atoms with Crippen molar-refractivity contribution in [3.05, 3.63) is 0 Å². The first-order valence-corrected chi connectivity index (χ1v) is 9.21. The fraction of sp³-hybridized carbons (Fsp3) is 0.929. The Morgan fingerprint density at radius 2 is 1.85 bits per heavy atom. The van der Waals surface area contributed by atoms with E-state index in [2.05, 4.69) is 0 Å². The van der Waals surface area contributed by atoms with Crippen molar-refractivity contribution in [2.24, 2.45) is 5.92 Å². The summed E-state index contributed by atoms with van der Waals surface area (Å²) in [5.41, 5.74) is 0. The zero-order chi connectivity index (χ0) is 14.6. The smallest absolute Gasteiger partial charge is 0.310 e. The van der Waals surface area contributed by atoms with Crippen molar-refractivity contribution < 1.29 is 17.9 Å². The SMILES string of the molecule is CCOC(=O)[C@H]1CCCN(S(=O)(=O)C2CCCCC2)C1. The molecule has 20 heavy (non-hydrogen) atoms. The maximum atomic E-state index is 12.6. The molecule has 0 amide bonds. The van der Waals surface area contributed by atoms with Crippen molar-refractivity contribution in [3.8, 4) is 0 Å². The van der Waals surface area contributed by atoms with Crippen molar-refractivity contribution in [3.63, 3.8) is 0 Å². The van der Waals surface area contributed by atoms with Gasteiger partial charge in [-0.1, -0.05) is 19.3 Å². The first-order chi connectivity index (χ1) is 9.55. The molecule has 2 aliphatic rings. The van der Waals surface area contributed by atoms with Gasteiger partial charge in [0.25, 0.3) is 0 Å². The van der Waals surface area contributed by atoms with E-state index in [1.54, 1.807) is 6.92 Å². The van der Waals surface area contributed by atoms with E-state index in [4.69, 9.17) is 4.74 Å². The molecular formula is C14H25NO4S. The molecule has 0 radical (unpaired) electrons. The molecule has 0 N–H and O–H groups in total. The molecule has 6 heteroatoms. The lowest BCUT2D eigenvalue weighted by Gasteiger charge is -2.34. The van der Waals surface area contributed by atoms with Gasteiger partial charge < -0.3 is 4.74 Å². The number of carbonyl (C=O) groups excluding carboxylic acids is 1. The molecule has 1 atom stereocenters. The largest absolute Gasteiger partial charge is 0.466 e. The maximum absolute atomic E-state index is 12.6. The van der Waals surface area contributed by atoms with Gasteiger partial charge >= 0.3 is 5.97 Å². The van der Waals surface area contributed by atoms with Crippen LogP contribution in [0.25, 0.3) is 0 Å². The lowest BCUT2D eigenvalue weighted by molar-refractivity contribution is -0.149. The van der Waals surface area contributed by atoms with Crippen LogP contribution < -0.4 is 0 Å². The van der Waals surface area contributed by atoms with E-state index in [0.29, 0.717) is 19.7 Å². The van der Waals surface area contributed by atoms with Gasteiger partial charge in [-0.15, -0.1) is 0 Å². The molecule has 0 aromatic rings. The Morgan fingerprint density at radius 1 is 1.15 bits per heavy atom. The summed E-state index contributed by atoms with van der Waals surface area (Å²) in [5, 5.41) is -0.239. The zero-order valence-electron chi connectivity index (χ0n) is 12.2. The number of hydrogen-bond donors (Lipinski definition) is 0. The highest BCUT2D eigenvalue weighted by Gasteiger charge is 2.37. The highest BCUT2D eigenvalue weighted by atomic mass is 32.2. The van der Waals surface area contributed by atoms with Crippen LogP contribution in [-0.4, -0.2) is 43.6 Å². The summed E-state index contributed by atoms with van der Waals surface area (Å²) in [6.07, 6.45) is 6.15. The summed E-state index contributed by atoms with van der Waals surface area (Å²) in [4.78, 5) is 11.8. The Balaban J connectivity index is 2.01.